The maximum Gasteiger partial charge on any atom is 0.338 e. The third-order valence-corrected chi connectivity index (χ3v) is 7.35. The Kier molecular flexibility index (Phi) is 6.24. The zero-order valence-electron chi connectivity index (χ0n) is 19.6. The molecule has 6 heteroatoms. The van der Waals surface area contributed by atoms with Crippen LogP contribution in [0.1, 0.15) is 34.9 Å². The third kappa shape index (κ3) is 4.14. The first-order valence-corrected chi connectivity index (χ1v) is 11.8. The molecule has 1 aromatic heterocycles. The number of aromatic nitrogens is 1. The number of hydrogen-bond acceptors (Lipinski definition) is 6. The van der Waals surface area contributed by atoms with Crippen LogP contribution in [-0.2, 0) is 4.74 Å². The second kappa shape index (κ2) is 9.47. The van der Waals surface area contributed by atoms with Crippen LogP contribution >= 0.6 is 0 Å². The van der Waals surface area contributed by atoms with Gasteiger partial charge in [-0.2, -0.15) is 0 Å². The van der Waals surface area contributed by atoms with Gasteiger partial charge in [-0.1, -0.05) is 6.08 Å². The lowest BCUT2D eigenvalue weighted by molar-refractivity contribution is -0.0568. The number of nitrogens with zero attached hydrogens (tertiary/aromatic N) is 2. The molecule has 0 aliphatic carbocycles. The number of carbonyl (C=O) groups is 1. The van der Waals surface area contributed by atoms with Gasteiger partial charge in [-0.25, -0.2) is 4.79 Å². The lowest BCUT2D eigenvalue weighted by Gasteiger charge is -2.51. The number of pyridine rings is 1. The first-order valence-electron chi connectivity index (χ1n) is 11.8. The van der Waals surface area contributed by atoms with Crippen molar-refractivity contribution in [3.63, 3.8) is 0 Å². The fourth-order valence-corrected chi connectivity index (χ4v) is 5.47. The number of ether oxygens (including phenoxy) is 3. The summed E-state index contributed by atoms with van der Waals surface area (Å²) >= 11 is 0. The first-order chi connectivity index (χ1) is 16.6. The number of carbonyl (C=O) groups excluding carboxylic acids is 1. The highest BCUT2D eigenvalue weighted by atomic mass is 16.5. The van der Waals surface area contributed by atoms with E-state index in [9.17, 15) is 4.79 Å². The molecule has 6 rings (SSSR count). The Hall–Kier alpha value is -3.38. The van der Waals surface area contributed by atoms with E-state index in [1.54, 1.807) is 44.7 Å². The summed E-state index contributed by atoms with van der Waals surface area (Å²) in [5.41, 5.74) is 2.31. The van der Waals surface area contributed by atoms with E-state index >= 15 is 0 Å². The molecule has 1 unspecified atom stereocenters. The summed E-state index contributed by atoms with van der Waals surface area (Å²) in [5.74, 6) is 2.14. The van der Waals surface area contributed by atoms with Gasteiger partial charge in [0.15, 0.2) is 0 Å². The number of esters is 1. The van der Waals surface area contributed by atoms with Crippen molar-refractivity contribution in [3.05, 3.63) is 78.5 Å². The Balaban J connectivity index is 1.54. The Bertz CT molecular complexity index is 1190. The zero-order chi connectivity index (χ0) is 23.7. The number of piperidine rings is 3. The third-order valence-electron chi connectivity index (χ3n) is 7.35. The van der Waals surface area contributed by atoms with E-state index in [0.29, 0.717) is 23.1 Å². The van der Waals surface area contributed by atoms with Crippen LogP contribution in [-0.4, -0.2) is 49.2 Å². The second-order valence-electron chi connectivity index (χ2n) is 9.08. The van der Waals surface area contributed by atoms with Crippen molar-refractivity contribution in [1.29, 1.82) is 0 Å². The van der Waals surface area contributed by atoms with E-state index in [4.69, 9.17) is 14.2 Å². The molecule has 0 saturated carbocycles. The van der Waals surface area contributed by atoms with E-state index < -0.39 is 6.10 Å². The molecule has 4 heterocycles. The van der Waals surface area contributed by atoms with Gasteiger partial charge in [-0.15, -0.1) is 6.58 Å². The van der Waals surface area contributed by atoms with E-state index in [1.807, 2.05) is 24.3 Å². The van der Waals surface area contributed by atoms with E-state index in [2.05, 4.69) is 22.5 Å². The van der Waals surface area contributed by atoms with Crippen LogP contribution in [0.15, 0.2) is 67.4 Å². The monoisotopic (exact) mass is 458 g/mol. The molecule has 34 heavy (non-hydrogen) atoms. The van der Waals surface area contributed by atoms with E-state index in [-0.39, 0.29) is 12.0 Å². The number of benzene rings is 2. The fourth-order valence-electron chi connectivity index (χ4n) is 5.47. The Morgan fingerprint density at radius 1 is 1.12 bits per heavy atom. The summed E-state index contributed by atoms with van der Waals surface area (Å²) in [5, 5.41) is 0.942. The van der Waals surface area contributed by atoms with Crippen molar-refractivity contribution >= 4 is 16.9 Å². The molecule has 3 aliphatic heterocycles. The number of hydrogen-bond donors (Lipinski definition) is 0. The van der Waals surface area contributed by atoms with Crippen LogP contribution in [0.3, 0.4) is 0 Å². The predicted octanol–water partition coefficient (Wildman–Crippen LogP) is 5.05. The Labute approximate surface area is 200 Å². The smallest absolute Gasteiger partial charge is 0.338 e. The molecule has 3 aromatic rings. The Morgan fingerprint density at radius 3 is 2.56 bits per heavy atom. The highest BCUT2D eigenvalue weighted by Crippen LogP contribution is 2.44. The van der Waals surface area contributed by atoms with Gasteiger partial charge in [0.1, 0.15) is 17.6 Å². The van der Waals surface area contributed by atoms with Crippen molar-refractivity contribution in [3.8, 4) is 11.5 Å². The zero-order valence-corrected chi connectivity index (χ0v) is 19.6. The average molecular weight is 459 g/mol. The average Bonchev–Trinajstić information content (AvgIpc) is 2.91. The molecule has 2 bridgehead atoms. The summed E-state index contributed by atoms with van der Waals surface area (Å²) in [4.78, 5) is 20.3. The molecule has 0 radical (unpaired) electrons. The maximum atomic E-state index is 13.3. The molecule has 0 N–H and O–H groups in total. The SMILES string of the molecule is C=C[C@H]1CN2CC[C@@H]1C[C@H]2[C@@H](OC(=O)c1ccc(OC)cc1)c1ccnc2ccc(OC)cc12. The first kappa shape index (κ1) is 22.4. The van der Waals surface area contributed by atoms with Crippen LogP contribution in [0.25, 0.3) is 10.9 Å². The quantitative estimate of drug-likeness (QED) is 0.365. The summed E-state index contributed by atoms with van der Waals surface area (Å²) in [6.07, 6.45) is 5.56. The van der Waals surface area contributed by atoms with Crippen LogP contribution < -0.4 is 9.47 Å². The minimum absolute atomic E-state index is 0.0916. The summed E-state index contributed by atoms with van der Waals surface area (Å²) in [6, 6.07) is 14.9. The van der Waals surface area contributed by atoms with Crippen molar-refractivity contribution < 1.29 is 19.0 Å². The van der Waals surface area contributed by atoms with Crippen LogP contribution in [0.4, 0.5) is 0 Å². The molecular formula is C28H30N2O4. The van der Waals surface area contributed by atoms with Crippen LogP contribution in [0.2, 0.25) is 0 Å². The molecular weight excluding hydrogens is 428 g/mol. The molecule has 2 aromatic carbocycles. The summed E-state index contributed by atoms with van der Waals surface area (Å²) in [7, 11) is 3.26. The molecule has 0 spiro atoms. The van der Waals surface area contributed by atoms with Gasteiger partial charge in [-0.3, -0.25) is 9.88 Å². The van der Waals surface area contributed by atoms with Crippen LogP contribution in [0, 0.1) is 11.8 Å². The van der Waals surface area contributed by atoms with Gasteiger partial charge in [-0.05, 0) is 79.8 Å². The molecule has 3 fully saturated rings. The lowest BCUT2D eigenvalue weighted by Crippen LogP contribution is -2.55. The summed E-state index contributed by atoms with van der Waals surface area (Å²) < 4.78 is 17.0. The Morgan fingerprint density at radius 2 is 1.88 bits per heavy atom. The van der Waals surface area contributed by atoms with Gasteiger partial charge in [0.25, 0.3) is 0 Å². The minimum Gasteiger partial charge on any atom is -0.497 e. The summed E-state index contributed by atoms with van der Waals surface area (Å²) in [6.45, 7) is 6.00. The van der Waals surface area contributed by atoms with Crippen molar-refractivity contribution in [2.45, 2.75) is 25.0 Å². The molecule has 0 amide bonds. The molecule has 3 aliphatic rings. The maximum absolute atomic E-state index is 13.3. The van der Waals surface area contributed by atoms with E-state index in [1.165, 1.54) is 0 Å². The lowest BCUT2D eigenvalue weighted by atomic mass is 9.73. The number of rotatable bonds is 7. The minimum atomic E-state index is -0.430. The second-order valence-corrected chi connectivity index (χ2v) is 9.08. The molecule has 5 atom stereocenters. The van der Waals surface area contributed by atoms with E-state index in [0.717, 1.165) is 48.1 Å². The van der Waals surface area contributed by atoms with Gasteiger partial charge in [0.2, 0.25) is 0 Å². The van der Waals surface area contributed by atoms with Gasteiger partial charge in [0.05, 0.1) is 31.3 Å². The van der Waals surface area contributed by atoms with Gasteiger partial charge in [0, 0.05) is 23.7 Å². The molecule has 6 nitrogen and oxygen atoms in total. The van der Waals surface area contributed by atoms with Crippen molar-refractivity contribution in [2.24, 2.45) is 11.8 Å². The largest absolute Gasteiger partial charge is 0.497 e. The van der Waals surface area contributed by atoms with Crippen LogP contribution in [0.5, 0.6) is 11.5 Å². The fraction of sp³-hybridized carbons (Fsp3) is 0.357. The standard InChI is InChI=1S/C28H30N2O4/c1-4-18-17-30-14-12-20(18)15-26(30)27(34-28(31)19-5-7-21(32-2)8-6-19)23-11-13-29-25-10-9-22(33-3)16-24(23)25/h4-11,13,16,18,20,26-27H,1,12,14-15,17H2,2-3H3/t18-,20+,26-,27-/m0/s1. The van der Waals surface area contributed by atoms with Crippen molar-refractivity contribution in [1.82, 2.24) is 9.88 Å². The van der Waals surface area contributed by atoms with Gasteiger partial charge >= 0.3 is 5.97 Å². The molecule has 176 valence electrons. The topological polar surface area (TPSA) is 60.9 Å². The van der Waals surface area contributed by atoms with Gasteiger partial charge < -0.3 is 14.2 Å². The normalized spacial score (nSPS) is 24.4. The predicted molar refractivity (Wildman–Crippen MR) is 131 cm³/mol. The number of methoxy groups -OCH3 is 2. The highest BCUT2D eigenvalue weighted by Gasteiger charge is 2.44. The number of fused-ring (bicyclic) bond motifs is 4. The highest BCUT2D eigenvalue weighted by molar-refractivity contribution is 5.90. The van der Waals surface area contributed by atoms with Crippen molar-refractivity contribution in [2.75, 3.05) is 27.3 Å². The molecule has 3 saturated heterocycles.